The molecule has 0 aliphatic rings. The minimum absolute atomic E-state index is 0.180. The molecule has 1 aromatic carbocycles. The number of carboxylic acid groups (broad SMARTS) is 1. The molecule has 0 amide bonds. The predicted octanol–water partition coefficient (Wildman–Crippen LogP) is 2.04. The van der Waals surface area contributed by atoms with Crippen LogP contribution in [0.1, 0.15) is 18.9 Å². The molecule has 0 saturated heterocycles. The van der Waals surface area contributed by atoms with Crippen molar-refractivity contribution in [3.05, 3.63) is 23.8 Å². The molecule has 0 bridgehead atoms. The maximum absolute atomic E-state index is 10.6. The predicted molar refractivity (Wildman–Crippen MR) is 77.6 cm³/mol. The van der Waals surface area contributed by atoms with E-state index >= 15 is 0 Å². The van der Waals surface area contributed by atoms with Gasteiger partial charge >= 0.3 is 5.97 Å². The Labute approximate surface area is 120 Å². The van der Waals surface area contributed by atoms with Crippen LogP contribution >= 0.6 is 0 Å². The van der Waals surface area contributed by atoms with Crippen LogP contribution in [0, 0.1) is 0 Å². The lowest BCUT2D eigenvalue weighted by atomic mass is 10.1. The quantitative estimate of drug-likeness (QED) is 0.750. The first-order valence-corrected chi connectivity index (χ1v) is 6.75. The van der Waals surface area contributed by atoms with Gasteiger partial charge in [-0.15, -0.1) is 0 Å². The van der Waals surface area contributed by atoms with Gasteiger partial charge < -0.3 is 19.5 Å². The molecule has 1 N–H and O–H groups in total. The van der Waals surface area contributed by atoms with E-state index in [1.165, 1.54) is 0 Å². The lowest BCUT2D eigenvalue weighted by Crippen LogP contribution is -2.28. The standard InChI is InChI=1S/C15H23NO4/c1-4-16(10-8-15(17)18)9-7-12-5-6-13(19-2)14(11-12)20-3/h5-6,11H,4,7-10H2,1-3H3,(H,17,18). The van der Waals surface area contributed by atoms with E-state index in [0.29, 0.717) is 6.54 Å². The number of aliphatic carboxylic acids is 1. The third kappa shape index (κ3) is 5.09. The van der Waals surface area contributed by atoms with E-state index in [2.05, 4.69) is 4.90 Å². The minimum Gasteiger partial charge on any atom is -0.493 e. The molecule has 0 spiro atoms. The van der Waals surface area contributed by atoms with Gasteiger partial charge in [0.25, 0.3) is 0 Å². The van der Waals surface area contributed by atoms with Crippen molar-refractivity contribution in [1.82, 2.24) is 4.90 Å². The molecular formula is C15H23NO4. The van der Waals surface area contributed by atoms with E-state index in [0.717, 1.165) is 36.6 Å². The Kier molecular flexibility index (Phi) is 6.87. The Morgan fingerprint density at radius 1 is 1.20 bits per heavy atom. The van der Waals surface area contributed by atoms with Gasteiger partial charge in [-0.1, -0.05) is 13.0 Å². The van der Waals surface area contributed by atoms with Gasteiger partial charge in [-0.05, 0) is 30.7 Å². The second-order valence-corrected chi connectivity index (χ2v) is 4.52. The molecule has 0 heterocycles. The van der Waals surface area contributed by atoms with Crippen LogP contribution in [0.15, 0.2) is 18.2 Å². The average Bonchev–Trinajstić information content (AvgIpc) is 2.46. The number of hydrogen-bond donors (Lipinski definition) is 1. The number of nitrogens with zero attached hydrogens (tertiary/aromatic N) is 1. The number of benzene rings is 1. The first-order chi connectivity index (χ1) is 9.60. The summed E-state index contributed by atoms with van der Waals surface area (Å²) in [6.07, 6.45) is 1.04. The highest BCUT2D eigenvalue weighted by atomic mass is 16.5. The molecule has 0 aliphatic carbocycles. The first-order valence-electron chi connectivity index (χ1n) is 6.75. The summed E-state index contributed by atoms with van der Waals surface area (Å²) < 4.78 is 10.5. The van der Waals surface area contributed by atoms with Gasteiger partial charge in [-0.3, -0.25) is 4.79 Å². The summed E-state index contributed by atoms with van der Waals surface area (Å²) in [7, 11) is 3.23. The van der Waals surface area contributed by atoms with Gasteiger partial charge in [0.1, 0.15) is 0 Å². The van der Waals surface area contributed by atoms with Gasteiger partial charge in [-0.25, -0.2) is 0 Å². The fourth-order valence-corrected chi connectivity index (χ4v) is 2.01. The molecule has 1 rings (SSSR count). The van der Waals surface area contributed by atoms with Crippen molar-refractivity contribution in [2.45, 2.75) is 19.8 Å². The fraction of sp³-hybridized carbons (Fsp3) is 0.533. The van der Waals surface area contributed by atoms with E-state index in [-0.39, 0.29) is 6.42 Å². The van der Waals surface area contributed by atoms with Gasteiger partial charge in [0, 0.05) is 13.1 Å². The van der Waals surface area contributed by atoms with Crippen molar-refractivity contribution in [3.63, 3.8) is 0 Å². The van der Waals surface area contributed by atoms with E-state index < -0.39 is 5.97 Å². The Morgan fingerprint density at radius 3 is 2.45 bits per heavy atom. The lowest BCUT2D eigenvalue weighted by Gasteiger charge is -2.19. The molecule has 0 saturated carbocycles. The van der Waals surface area contributed by atoms with Crippen molar-refractivity contribution in [1.29, 1.82) is 0 Å². The highest BCUT2D eigenvalue weighted by molar-refractivity contribution is 5.66. The van der Waals surface area contributed by atoms with Crippen LogP contribution in [0.3, 0.4) is 0 Å². The monoisotopic (exact) mass is 281 g/mol. The number of carbonyl (C=O) groups is 1. The number of carboxylic acids is 1. The fourth-order valence-electron chi connectivity index (χ4n) is 2.01. The Bertz CT molecular complexity index is 434. The number of hydrogen-bond acceptors (Lipinski definition) is 4. The normalized spacial score (nSPS) is 10.6. The number of likely N-dealkylation sites (N-methyl/N-ethyl adjacent to an activating group) is 1. The summed E-state index contributed by atoms with van der Waals surface area (Å²) in [5, 5.41) is 8.71. The van der Waals surface area contributed by atoms with Gasteiger partial charge in [0.15, 0.2) is 11.5 Å². The zero-order valence-electron chi connectivity index (χ0n) is 12.4. The maximum atomic E-state index is 10.6. The summed E-state index contributed by atoms with van der Waals surface area (Å²) in [5.74, 6) is 0.683. The molecule has 0 atom stereocenters. The van der Waals surface area contributed by atoms with E-state index in [1.807, 2.05) is 25.1 Å². The summed E-state index contributed by atoms with van der Waals surface area (Å²) in [6.45, 7) is 4.30. The third-order valence-corrected chi connectivity index (χ3v) is 3.25. The zero-order valence-corrected chi connectivity index (χ0v) is 12.4. The van der Waals surface area contributed by atoms with Crippen LogP contribution in [0.25, 0.3) is 0 Å². The molecular weight excluding hydrogens is 258 g/mol. The highest BCUT2D eigenvalue weighted by Crippen LogP contribution is 2.27. The second kappa shape index (κ2) is 8.43. The smallest absolute Gasteiger partial charge is 0.304 e. The van der Waals surface area contributed by atoms with Crippen LogP contribution in [0.4, 0.5) is 0 Å². The van der Waals surface area contributed by atoms with Crippen LogP contribution in [0.5, 0.6) is 11.5 Å². The van der Waals surface area contributed by atoms with E-state index in [1.54, 1.807) is 14.2 Å². The van der Waals surface area contributed by atoms with Crippen molar-refractivity contribution in [2.75, 3.05) is 33.9 Å². The summed E-state index contributed by atoms with van der Waals surface area (Å²) in [6, 6.07) is 5.86. The third-order valence-electron chi connectivity index (χ3n) is 3.25. The molecule has 0 fully saturated rings. The SMILES string of the molecule is CCN(CCC(=O)O)CCc1ccc(OC)c(OC)c1. The highest BCUT2D eigenvalue weighted by Gasteiger charge is 2.08. The summed E-state index contributed by atoms with van der Waals surface area (Å²) in [5.41, 5.74) is 1.15. The number of ether oxygens (including phenoxy) is 2. The van der Waals surface area contributed by atoms with E-state index in [4.69, 9.17) is 14.6 Å². The molecule has 0 aromatic heterocycles. The molecule has 20 heavy (non-hydrogen) atoms. The van der Waals surface area contributed by atoms with Gasteiger partial charge in [-0.2, -0.15) is 0 Å². The van der Waals surface area contributed by atoms with Crippen LogP contribution in [-0.4, -0.2) is 49.8 Å². The molecule has 0 unspecified atom stereocenters. The molecule has 0 aliphatic heterocycles. The lowest BCUT2D eigenvalue weighted by molar-refractivity contribution is -0.137. The zero-order chi connectivity index (χ0) is 15.0. The largest absolute Gasteiger partial charge is 0.493 e. The summed E-state index contributed by atoms with van der Waals surface area (Å²) in [4.78, 5) is 12.7. The molecule has 112 valence electrons. The van der Waals surface area contributed by atoms with Gasteiger partial charge in [0.05, 0.1) is 20.6 Å². The molecule has 5 heteroatoms. The Hall–Kier alpha value is -1.75. The Morgan fingerprint density at radius 2 is 1.90 bits per heavy atom. The second-order valence-electron chi connectivity index (χ2n) is 4.52. The maximum Gasteiger partial charge on any atom is 0.304 e. The van der Waals surface area contributed by atoms with Crippen LogP contribution in [0.2, 0.25) is 0 Å². The van der Waals surface area contributed by atoms with Crippen LogP contribution in [-0.2, 0) is 11.2 Å². The molecule has 5 nitrogen and oxygen atoms in total. The minimum atomic E-state index is -0.755. The van der Waals surface area contributed by atoms with Crippen molar-refractivity contribution in [2.24, 2.45) is 0 Å². The molecule has 1 aromatic rings. The topological polar surface area (TPSA) is 59.0 Å². The van der Waals surface area contributed by atoms with Crippen molar-refractivity contribution < 1.29 is 19.4 Å². The van der Waals surface area contributed by atoms with Crippen LogP contribution < -0.4 is 9.47 Å². The van der Waals surface area contributed by atoms with Crippen molar-refractivity contribution in [3.8, 4) is 11.5 Å². The Balaban J connectivity index is 2.57. The molecule has 0 radical (unpaired) electrons. The number of rotatable bonds is 9. The van der Waals surface area contributed by atoms with Gasteiger partial charge in [0.2, 0.25) is 0 Å². The van der Waals surface area contributed by atoms with E-state index in [9.17, 15) is 4.79 Å². The average molecular weight is 281 g/mol. The number of methoxy groups -OCH3 is 2. The summed E-state index contributed by atoms with van der Waals surface area (Å²) >= 11 is 0. The van der Waals surface area contributed by atoms with Crippen molar-refractivity contribution >= 4 is 5.97 Å². The first kappa shape index (κ1) is 16.3.